The maximum absolute atomic E-state index is 12.7. The summed E-state index contributed by atoms with van der Waals surface area (Å²) in [6.45, 7) is 6.17. The van der Waals surface area contributed by atoms with Crippen molar-refractivity contribution in [3.63, 3.8) is 0 Å². The number of hydrogen-bond acceptors (Lipinski definition) is 12. The monoisotopic (exact) mass is 586 g/mol. The summed E-state index contributed by atoms with van der Waals surface area (Å²) in [5, 5.41) is -0.102. The van der Waals surface area contributed by atoms with Gasteiger partial charge < -0.3 is 19.3 Å². The van der Waals surface area contributed by atoms with Gasteiger partial charge in [-0.15, -0.1) is 22.7 Å². The minimum absolute atomic E-state index is 0.0511. The van der Waals surface area contributed by atoms with Crippen molar-refractivity contribution in [2.45, 2.75) is 21.5 Å². The van der Waals surface area contributed by atoms with Crippen LogP contribution in [-0.2, 0) is 19.1 Å². The first-order chi connectivity index (χ1) is 18.6. The van der Waals surface area contributed by atoms with Gasteiger partial charge in [0.25, 0.3) is 0 Å². The van der Waals surface area contributed by atoms with Crippen LogP contribution < -0.4 is 9.80 Å². The van der Waals surface area contributed by atoms with E-state index < -0.39 is 0 Å². The summed E-state index contributed by atoms with van der Waals surface area (Å²) in [7, 11) is 0. The Morgan fingerprint density at radius 2 is 1.13 bits per heavy atom. The largest absolute Gasteiger partial charge is 0.378 e. The number of aromatic nitrogens is 2. The third-order valence-electron chi connectivity index (χ3n) is 6.40. The van der Waals surface area contributed by atoms with Crippen molar-refractivity contribution in [3.05, 3.63) is 36.4 Å². The van der Waals surface area contributed by atoms with E-state index in [1.54, 1.807) is 0 Å². The number of ether oxygens (including phenoxy) is 2. The molecule has 38 heavy (non-hydrogen) atoms. The van der Waals surface area contributed by atoms with E-state index in [-0.39, 0.29) is 23.1 Å². The van der Waals surface area contributed by atoms with Gasteiger partial charge in [0.15, 0.2) is 18.9 Å². The van der Waals surface area contributed by atoms with E-state index in [9.17, 15) is 9.59 Å². The molecule has 2 fully saturated rings. The fourth-order valence-corrected chi connectivity index (χ4v) is 8.47. The molecule has 0 radical (unpaired) electrons. The number of rotatable bonds is 7. The fraction of sp³-hybridized carbons (Fsp3) is 0.385. The molecule has 2 aliphatic heterocycles. The van der Waals surface area contributed by atoms with Crippen LogP contribution in [0.25, 0.3) is 20.4 Å². The van der Waals surface area contributed by atoms with Crippen molar-refractivity contribution >= 4 is 88.2 Å². The van der Waals surface area contributed by atoms with Crippen LogP contribution >= 0.6 is 46.2 Å². The van der Waals surface area contributed by atoms with Crippen molar-refractivity contribution < 1.29 is 19.1 Å². The van der Waals surface area contributed by atoms with Gasteiger partial charge in [0.05, 0.1) is 47.2 Å². The normalized spacial score (nSPS) is 16.4. The number of thioether (sulfide) groups is 2. The fourth-order valence-electron chi connectivity index (χ4n) is 4.53. The number of benzene rings is 2. The van der Waals surface area contributed by atoms with E-state index in [0.29, 0.717) is 35.1 Å². The van der Waals surface area contributed by atoms with Crippen LogP contribution in [0.2, 0.25) is 0 Å². The molecule has 4 aromatic rings. The van der Waals surface area contributed by atoms with Crippen LogP contribution in [0.3, 0.4) is 0 Å². The molecule has 2 saturated heterocycles. The summed E-state index contributed by atoms with van der Waals surface area (Å²) in [6.07, 6.45) is 0.347. The van der Waals surface area contributed by atoms with Crippen LogP contribution in [0.5, 0.6) is 0 Å². The Morgan fingerprint density at radius 3 is 1.55 bits per heavy atom. The van der Waals surface area contributed by atoms with E-state index in [1.165, 1.54) is 22.7 Å². The number of carbonyl (C=O) groups excluding carboxylic acids is 2. The van der Waals surface area contributed by atoms with E-state index >= 15 is 0 Å². The molecule has 2 aromatic heterocycles. The predicted octanol–water partition coefficient (Wildman–Crippen LogP) is 5.30. The Balaban J connectivity index is 1.06. The highest BCUT2D eigenvalue weighted by Crippen LogP contribution is 2.37. The lowest BCUT2D eigenvalue weighted by atomic mass is 10.2. The lowest BCUT2D eigenvalue weighted by molar-refractivity contribution is -0.115. The smallest absolute Gasteiger partial charge is 0.196 e. The average Bonchev–Trinajstić information content (AvgIpc) is 3.55. The highest BCUT2D eigenvalue weighted by atomic mass is 32.2. The molecule has 0 N–H and O–H groups in total. The average molecular weight is 587 g/mol. The summed E-state index contributed by atoms with van der Waals surface area (Å²) in [6, 6.07) is 12.3. The molecule has 12 heteroatoms. The Labute approximate surface area is 236 Å². The molecule has 0 saturated carbocycles. The summed E-state index contributed by atoms with van der Waals surface area (Å²) in [5.41, 5.74) is 4.02. The minimum Gasteiger partial charge on any atom is -0.378 e. The van der Waals surface area contributed by atoms with Gasteiger partial charge in [0, 0.05) is 39.0 Å². The standard InChI is InChI=1S/C26H26N4O4S4/c31-21(37-25-27-23-17(3-1-5-19(23)35-25)29-9-13-33-14-10-29)7-8-22(32)38-26-28-24-18(4-2-6-20(24)36-26)30-11-15-34-16-12-30/h1-6H,7-16H2. The highest BCUT2D eigenvalue weighted by Gasteiger charge is 2.20. The predicted molar refractivity (Wildman–Crippen MR) is 156 cm³/mol. The number of para-hydroxylation sites is 2. The number of carbonyl (C=O) groups is 2. The molecule has 8 nitrogen and oxygen atoms in total. The highest BCUT2D eigenvalue weighted by molar-refractivity contribution is 8.15. The van der Waals surface area contributed by atoms with Crippen molar-refractivity contribution in [1.29, 1.82) is 0 Å². The first-order valence-electron chi connectivity index (χ1n) is 12.5. The molecule has 0 amide bonds. The van der Waals surface area contributed by atoms with Gasteiger partial charge in [0.1, 0.15) is 11.0 Å². The zero-order valence-electron chi connectivity index (χ0n) is 20.6. The summed E-state index contributed by atoms with van der Waals surface area (Å²) >= 11 is 5.30. The second-order valence-corrected chi connectivity index (χ2v) is 13.5. The van der Waals surface area contributed by atoms with Gasteiger partial charge in [-0.25, -0.2) is 9.97 Å². The minimum atomic E-state index is -0.0511. The number of nitrogens with zero attached hydrogens (tertiary/aromatic N) is 4. The van der Waals surface area contributed by atoms with Gasteiger partial charge in [0.2, 0.25) is 0 Å². The van der Waals surface area contributed by atoms with Crippen molar-refractivity contribution in [1.82, 2.24) is 9.97 Å². The second kappa shape index (κ2) is 11.9. The maximum atomic E-state index is 12.7. The molecule has 2 aliphatic rings. The molecule has 0 atom stereocenters. The number of hydrogen-bond donors (Lipinski definition) is 0. The summed E-state index contributed by atoms with van der Waals surface area (Å²) < 4.78 is 14.5. The van der Waals surface area contributed by atoms with Gasteiger partial charge in [-0.1, -0.05) is 12.1 Å². The second-order valence-electron chi connectivity index (χ2n) is 8.85. The lowest BCUT2D eigenvalue weighted by Crippen LogP contribution is -2.36. The SMILES string of the molecule is O=C(CCC(=O)Sc1nc2c(N3CCOCC3)cccc2s1)Sc1nc2c(N3CCOCC3)cccc2s1. The third kappa shape index (κ3) is 5.85. The summed E-state index contributed by atoms with van der Waals surface area (Å²) in [4.78, 5) is 39.5. The van der Waals surface area contributed by atoms with E-state index in [1.807, 2.05) is 24.3 Å². The number of morpholine rings is 2. The molecule has 2 aromatic carbocycles. The first kappa shape index (κ1) is 26.0. The van der Waals surface area contributed by atoms with Crippen molar-refractivity contribution in [3.8, 4) is 0 Å². The number of anilines is 2. The van der Waals surface area contributed by atoms with Crippen LogP contribution in [0.1, 0.15) is 12.8 Å². The topological polar surface area (TPSA) is 84.9 Å². The van der Waals surface area contributed by atoms with Crippen molar-refractivity contribution in [2.24, 2.45) is 0 Å². The molecule has 0 aliphatic carbocycles. The van der Waals surface area contributed by atoms with Crippen LogP contribution in [0.15, 0.2) is 45.1 Å². The summed E-state index contributed by atoms with van der Waals surface area (Å²) in [5.74, 6) is 0. The quantitative estimate of drug-likeness (QED) is 0.266. The zero-order chi connectivity index (χ0) is 25.9. The lowest BCUT2D eigenvalue weighted by Gasteiger charge is -2.28. The van der Waals surface area contributed by atoms with E-state index in [4.69, 9.17) is 19.4 Å². The van der Waals surface area contributed by atoms with Gasteiger partial charge in [-0.3, -0.25) is 9.59 Å². The van der Waals surface area contributed by atoms with Crippen molar-refractivity contribution in [2.75, 3.05) is 62.4 Å². The Morgan fingerprint density at radius 1 is 0.711 bits per heavy atom. The van der Waals surface area contributed by atoms with Crippen LogP contribution in [0, 0.1) is 0 Å². The van der Waals surface area contributed by atoms with Gasteiger partial charge >= 0.3 is 0 Å². The van der Waals surface area contributed by atoms with E-state index in [0.717, 1.165) is 81.5 Å². The molecule has 0 spiro atoms. The molecular weight excluding hydrogens is 561 g/mol. The zero-order valence-corrected chi connectivity index (χ0v) is 23.9. The third-order valence-corrected chi connectivity index (χ3v) is 10.4. The number of thiazole rings is 2. The number of fused-ring (bicyclic) bond motifs is 2. The van der Waals surface area contributed by atoms with Crippen LogP contribution in [-0.4, -0.2) is 72.8 Å². The molecule has 4 heterocycles. The first-order valence-corrected chi connectivity index (χ1v) is 15.8. The Bertz CT molecular complexity index is 1350. The van der Waals surface area contributed by atoms with E-state index in [2.05, 4.69) is 21.9 Å². The molecule has 198 valence electrons. The van der Waals surface area contributed by atoms with Gasteiger partial charge in [-0.05, 0) is 47.8 Å². The molecular formula is C26H26N4O4S4. The Hall–Kier alpha value is -2.22. The Kier molecular flexibility index (Phi) is 8.14. The van der Waals surface area contributed by atoms with Crippen LogP contribution in [0.4, 0.5) is 11.4 Å². The molecule has 0 unspecified atom stereocenters. The van der Waals surface area contributed by atoms with Gasteiger partial charge in [-0.2, -0.15) is 0 Å². The molecule has 0 bridgehead atoms. The maximum Gasteiger partial charge on any atom is 0.196 e. The molecule has 6 rings (SSSR count).